The van der Waals surface area contributed by atoms with Crippen molar-refractivity contribution < 1.29 is 28.4 Å². The minimum Gasteiger partial charge on any atom is -0.444 e. The highest BCUT2D eigenvalue weighted by molar-refractivity contribution is 7.32. The van der Waals surface area contributed by atoms with Gasteiger partial charge in [-0.05, 0) is 29.3 Å². The summed E-state index contributed by atoms with van der Waals surface area (Å²) in [5.74, 6) is 0.101. The van der Waals surface area contributed by atoms with Gasteiger partial charge in [-0.1, -0.05) is 42.5 Å². The van der Waals surface area contributed by atoms with Gasteiger partial charge in [-0.15, -0.1) is 0 Å². The van der Waals surface area contributed by atoms with Crippen LogP contribution in [-0.2, 0) is 22.3 Å². The van der Waals surface area contributed by atoms with Crippen molar-refractivity contribution in [2.75, 3.05) is 5.32 Å². The van der Waals surface area contributed by atoms with Crippen molar-refractivity contribution in [2.24, 2.45) is 0 Å². The van der Waals surface area contributed by atoms with Crippen LogP contribution < -0.4 is 9.84 Å². The molecule has 1 atom stereocenters. The molecule has 0 radical (unpaired) electrons. The number of ether oxygens (including phenoxy) is 1. The van der Waals surface area contributed by atoms with Gasteiger partial charge in [0.25, 0.3) is 5.69 Å². The predicted octanol–water partition coefficient (Wildman–Crippen LogP) is 4.70. The molecule has 1 amide bonds. The molecule has 0 aliphatic rings. The second kappa shape index (κ2) is 10.4. The molecule has 2 N–H and O–H groups in total. The summed E-state index contributed by atoms with van der Waals surface area (Å²) < 4.78 is 21.1. The first-order valence-corrected chi connectivity index (χ1v) is 10.4. The van der Waals surface area contributed by atoms with Crippen LogP contribution in [-0.4, -0.2) is 15.9 Å². The number of hydrogen-bond donors (Lipinski definition) is 2. The highest BCUT2D eigenvalue weighted by Gasteiger charge is 2.14. The first kappa shape index (κ1) is 22.0. The molecule has 0 saturated carbocycles. The molecule has 0 aliphatic heterocycles. The van der Waals surface area contributed by atoms with Gasteiger partial charge in [0, 0.05) is 29.8 Å². The van der Waals surface area contributed by atoms with Crippen molar-refractivity contribution in [1.29, 1.82) is 0 Å². The molecule has 1 unspecified atom stereocenters. The maximum atomic E-state index is 11.9. The zero-order valence-corrected chi connectivity index (χ0v) is 17.2. The largest absolute Gasteiger partial charge is 0.444 e. The Morgan fingerprint density at radius 1 is 1.03 bits per heavy atom. The van der Waals surface area contributed by atoms with E-state index in [0.717, 1.165) is 11.1 Å². The number of benzene rings is 3. The van der Waals surface area contributed by atoms with E-state index in [1.54, 1.807) is 24.3 Å². The zero-order chi connectivity index (χ0) is 22.2. The molecule has 0 spiro atoms. The lowest BCUT2D eigenvalue weighted by molar-refractivity contribution is -0.384. The number of nitro groups is 1. The van der Waals surface area contributed by atoms with Gasteiger partial charge in [0.05, 0.1) is 4.92 Å². The molecule has 0 bridgehead atoms. The summed E-state index contributed by atoms with van der Waals surface area (Å²) in [6.45, 7) is 0.147. The van der Waals surface area contributed by atoms with E-state index in [1.807, 2.05) is 30.3 Å². The minimum absolute atomic E-state index is 0.101. The lowest BCUT2D eigenvalue weighted by Crippen LogP contribution is -2.13. The Bertz CT molecular complexity index is 1090. The average molecular weight is 442 g/mol. The van der Waals surface area contributed by atoms with Crippen LogP contribution in [0.5, 0.6) is 5.75 Å². The standard InChI is InChI=1S/C21H19N2O7P/c24-21(29-14-16-4-2-1-3-5-16)22-18-8-6-15(7-9-18)12-17-13-19(23(25)26)10-11-20(17)30-31(27)28/h1-11,13,31H,12,14H2,(H,22,24)(H,27,28). The van der Waals surface area contributed by atoms with Crippen LogP contribution in [0, 0.1) is 10.1 Å². The third-order valence-electron chi connectivity index (χ3n) is 4.26. The smallest absolute Gasteiger partial charge is 0.411 e. The van der Waals surface area contributed by atoms with E-state index in [9.17, 15) is 19.5 Å². The molecule has 31 heavy (non-hydrogen) atoms. The number of nitrogens with zero attached hydrogens (tertiary/aromatic N) is 1. The normalized spacial score (nSPS) is 11.4. The van der Waals surface area contributed by atoms with Crippen molar-refractivity contribution in [1.82, 2.24) is 0 Å². The third-order valence-corrected chi connectivity index (χ3v) is 4.65. The highest BCUT2D eigenvalue weighted by Crippen LogP contribution is 2.31. The number of non-ortho nitro benzene ring substituents is 1. The van der Waals surface area contributed by atoms with Crippen molar-refractivity contribution in [2.45, 2.75) is 13.0 Å². The van der Waals surface area contributed by atoms with Gasteiger partial charge in [0.2, 0.25) is 0 Å². The lowest BCUT2D eigenvalue weighted by atomic mass is 10.0. The SMILES string of the molecule is O=C(Nc1ccc(Cc2cc([N+](=O)[O-])ccc2O[PH](=O)O)cc1)OCc1ccccc1. The fourth-order valence-corrected chi connectivity index (χ4v) is 3.20. The number of rotatable bonds is 8. The molecular formula is C21H19N2O7P. The van der Waals surface area contributed by atoms with Gasteiger partial charge >= 0.3 is 14.3 Å². The Morgan fingerprint density at radius 2 is 1.74 bits per heavy atom. The van der Waals surface area contributed by atoms with E-state index in [-0.39, 0.29) is 24.5 Å². The van der Waals surface area contributed by atoms with E-state index in [4.69, 9.17) is 14.2 Å². The fourth-order valence-electron chi connectivity index (χ4n) is 2.81. The first-order valence-electron chi connectivity index (χ1n) is 9.15. The zero-order valence-electron chi connectivity index (χ0n) is 16.2. The number of carbonyl (C=O) groups is 1. The molecule has 0 aliphatic carbocycles. The predicted molar refractivity (Wildman–Crippen MR) is 114 cm³/mol. The Labute approximate surface area is 178 Å². The van der Waals surface area contributed by atoms with E-state index in [2.05, 4.69) is 5.32 Å². The van der Waals surface area contributed by atoms with Gasteiger partial charge in [0.15, 0.2) is 0 Å². The fraction of sp³-hybridized carbons (Fsp3) is 0.0952. The molecule has 3 rings (SSSR count). The summed E-state index contributed by atoms with van der Waals surface area (Å²) >= 11 is 0. The molecule has 9 nitrogen and oxygen atoms in total. The Morgan fingerprint density at radius 3 is 2.39 bits per heavy atom. The minimum atomic E-state index is -3.26. The Balaban J connectivity index is 1.65. The van der Waals surface area contributed by atoms with E-state index in [0.29, 0.717) is 11.3 Å². The van der Waals surface area contributed by atoms with Crippen molar-refractivity contribution >= 4 is 25.7 Å². The van der Waals surface area contributed by atoms with E-state index < -0.39 is 19.3 Å². The first-order chi connectivity index (χ1) is 14.9. The maximum absolute atomic E-state index is 11.9. The molecule has 0 fully saturated rings. The second-order valence-corrected chi connectivity index (χ2v) is 7.21. The number of anilines is 1. The summed E-state index contributed by atoms with van der Waals surface area (Å²) in [7, 11) is -3.26. The van der Waals surface area contributed by atoms with Crippen LogP contribution in [0.1, 0.15) is 16.7 Å². The van der Waals surface area contributed by atoms with Crippen LogP contribution in [0.25, 0.3) is 0 Å². The topological polar surface area (TPSA) is 128 Å². The van der Waals surface area contributed by atoms with Crippen LogP contribution in [0.3, 0.4) is 0 Å². The van der Waals surface area contributed by atoms with Crippen LogP contribution in [0.2, 0.25) is 0 Å². The quantitative estimate of drug-likeness (QED) is 0.294. The van der Waals surface area contributed by atoms with Gasteiger partial charge < -0.3 is 14.2 Å². The summed E-state index contributed by atoms with van der Waals surface area (Å²) in [5, 5.41) is 13.7. The number of nitro benzene ring substituents is 1. The van der Waals surface area contributed by atoms with Gasteiger partial charge in [0.1, 0.15) is 12.4 Å². The summed E-state index contributed by atoms with van der Waals surface area (Å²) in [5.41, 5.74) is 2.38. The molecule has 0 aromatic heterocycles. The van der Waals surface area contributed by atoms with Gasteiger partial charge in [-0.25, -0.2) is 9.36 Å². The second-order valence-electron chi connectivity index (χ2n) is 6.48. The Hall–Kier alpha value is -3.68. The van der Waals surface area contributed by atoms with E-state index >= 15 is 0 Å². The summed E-state index contributed by atoms with van der Waals surface area (Å²) in [4.78, 5) is 31.5. The van der Waals surface area contributed by atoms with Crippen LogP contribution in [0.4, 0.5) is 16.2 Å². The lowest BCUT2D eigenvalue weighted by Gasteiger charge is -2.10. The molecule has 3 aromatic rings. The summed E-state index contributed by atoms with van der Waals surface area (Å²) in [6, 6.07) is 19.8. The Kier molecular flexibility index (Phi) is 7.37. The van der Waals surface area contributed by atoms with Crippen molar-refractivity contribution in [3.8, 4) is 5.75 Å². The van der Waals surface area contributed by atoms with Crippen molar-refractivity contribution in [3.63, 3.8) is 0 Å². The molecule has 10 heteroatoms. The highest BCUT2D eigenvalue weighted by atomic mass is 31.1. The van der Waals surface area contributed by atoms with E-state index in [1.165, 1.54) is 18.2 Å². The molecule has 3 aromatic carbocycles. The number of carbonyl (C=O) groups excluding carboxylic acids is 1. The maximum Gasteiger partial charge on any atom is 0.411 e. The average Bonchev–Trinajstić information content (AvgIpc) is 2.75. The van der Waals surface area contributed by atoms with Gasteiger partial charge in [-0.2, -0.15) is 0 Å². The number of amides is 1. The van der Waals surface area contributed by atoms with Crippen LogP contribution >= 0.6 is 8.25 Å². The molecule has 0 heterocycles. The number of nitrogens with one attached hydrogen (secondary N) is 1. The molecular weight excluding hydrogens is 423 g/mol. The van der Waals surface area contributed by atoms with Gasteiger partial charge in [-0.3, -0.25) is 15.4 Å². The monoisotopic (exact) mass is 442 g/mol. The van der Waals surface area contributed by atoms with Crippen LogP contribution in [0.15, 0.2) is 72.8 Å². The third kappa shape index (κ3) is 6.67. The molecule has 160 valence electrons. The number of hydrogen-bond acceptors (Lipinski definition) is 6. The summed E-state index contributed by atoms with van der Waals surface area (Å²) in [6.07, 6.45) is -0.371. The molecule has 0 saturated heterocycles. The van der Waals surface area contributed by atoms with Crippen molar-refractivity contribution in [3.05, 3.63) is 99.6 Å².